The molecule has 2 N–H and O–H groups in total. The second-order valence-corrected chi connectivity index (χ2v) is 5.28. The molecule has 0 spiro atoms. The highest BCUT2D eigenvalue weighted by Crippen LogP contribution is 2.46. The van der Waals surface area contributed by atoms with Crippen LogP contribution in [0, 0.1) is 5.41 Å². The van der Waals surface area contributed by atoms with Crippen LogP contribution in [-0.4, -0.2) is 23.3 Å². The van der Waals surface area contributed by atoms with Crippen molar-refractivity contribution in [1.82, 2.24) is 4.90 Å². The van der Waals surface area contributed by atoms with Gasteiger partial charge >= 0.3 is 0 Å². The van der Waals surface area contributed by atoms with E-state index in [0.29, 0.717) is 23.4 Å². The molecular formula is C13H14N2O2. The second-order valence-electron chi connectivity index (χ2n) is 5.28. The first-order valence-corrected chi connectivity index (χ1v) is 5.77. The molecule has 1 fully saturated rings. The number of nitrogens with zero attached hydrogens (tertiary/aromatic N) is 1. The van der Waals surface area contributed by atoms with Crippen molar-refractivity contribution in [3.05, 3.63) is 29.3 Å². The molecule has 4 nitrogen and oxygen atoms in total. The van der Waals surface area contributed by atoms with Crippen LogP contribution in [0.3, 0.4) is 0 Å². The van der Waals surface area contributed by atoms with E-state index >= 15 is 0 Å². The van der Waals surface area contributed by atoms with Crippen LogP contribution in [0.5, 0.6) is 0 Å². The van der Waals surface area contributed by atoms with E-state index in [1.165, 1.54) is 4.90 Å². The third-order valence-electron chi connectivity index (χ3n) is 3.67. The highest BCUT2D eigenvalue weighted by Gasteiger charge is 2.45. The number of imide groups is 1. The minimum atomic E-state index is -0.240. The normalized spacial score (nSPS) is 20.6. The van der Waals surface area contributed by atoms with Gasteiger partial charge in [0.2, 0.25) is 0 Å². The molecule has 1 aromatic rings. The van der Waals surface area contributed by atoms with Crippen molar-refractivity contribution in [2.75, 3.05) is 12.3 Å². The van der Waals surface area contributed by atoms with E-state index in [1.54, 1.807) is 18.2 Å². The topological polar surface area (TPSA) is 63.4 Å². The van der Waals surface area contributed by atoms with Crippen molar-refractivity contribution in [3.8, 4) is 0 Å². The van der Waals surface area contributed by atoms with Crippen LogP contribution in [0.1, 0.15) is 40.5 Å². The van der Waals surface area contributed by atoms with Crippen LogP contribution in [0.4, 0.5) is 5.69 Å². The smallest absolute Gasteiger partial charge is 0.263 e. The predicted octanol–water partition coefficient (Wildman–Crippen LogP) is 1.66. The molecule has 3 rings (SSSR count). The number of anilines is 1. The van der Waals surface area contributed by atoms with Crippen LogP contribution >= 0.6 is 0 Å². The first-order valence-electron chi connectivity index (χ1n) is 5.77. The lowest BCUT2D eigenvalue weighted by atomic mass is 10.1. The number of hydrogen-bond acceptors (Lipinski definition) is 3. The van der Waals surface area contributed by atoms with Gasteiger partial charge in [0, 0.05) is 12.2 Å². The summed E-state index contributed by atoms with van der Waals surface area (Å²) in [6, 6.07) is 5.04. The van der Waals surface area contributed by atoms with Gasteiger partial charge in [-0.3, -0.25) is 14.5 Å². The summed E-state index contributed by atoms with van der Waals surface area (Å²) in [5.41, 5.74) is 7.11. The Hall–Kier alpha value is -1.84. The zero-order chi connectivity index (χ0) is 12.2. The molecule has 1 aliphatic carbocycles. The van der Waals surface area contributed by atoms with Crippen molar-refractivity contribution >= 4 is 17.5 Å². The molecule has 1 heterocycles. The molecule has 0 aromatic heterocycles. The van der Waals surface area contributed by atoms with Gasteiger partial charge in [0.1, 0.15) is 0 Å². The summed E-state index contributed by atoms with van der Waals surface area (Å²) in [6.07, 6.45) is 2.16. The number of amides is 2. The standard InChI is InChI=1S/C13H14N2O2/c1-13(5-6-13)7-15-11(16)8-3-2-4-9(14)10(8)12(15)17/h2-4H,5-7,14H2,1H3. The Bertz CT molecular complexity index is 532. The minimum absolute atomic E-state index is 0.127. The lowest BCUT2D eigenvalue weighted by molar-refractivity contribution is 0.0625. The van der Waals surface area contributed by atoms with E-state index in [1.807, 2.05) is 0 Å². The van der Waals surface area contributed by atoms with E-state index in [0.717, 1.165) is 12.8 Å². The maximum absolute atomic E-state index is 12.2. The summed E-state index contributed by atoms with van der Waals surface area (Å²) in [4.78, 5) is 25.6. The van der Waals surface area contributed by atoms with Gasteiger partial charge in [-0.2, -0.15) is 0 Å². The number of fused-ring (bicyclic) bond motifs is 1. The number of benzene rings is 1. The monoisotopic (exact) mass is 230 g/mol. The van der Waals surface area contributed by atoms with E-state index in [4.69, 9.17) is 5.73 Å². The summed E-state index contributed by atoms with van der Waals surface area (Å²) in [5, 5.41) is 0. The van der Waals surface area contributed by atoms with E-state index in [-0.39, 0.29) is 17.2 Å². The van der Waals surface area contributed by atoms with Crippen LogP contribution in [0.2, 0.25) is 0 Å². The zero-order valence-electron chi connectivity index (χ0n) is 9.69. The van der Waals surface area contributed by atoms with Crippen molar-refractivity contribution < 1.29 is 9.59 Å². The van der Waals surface area contributed by atoms with Crippen LogP contribution in [0.25, 0.3) is 0 Å². The Morgan fingerprint density at radius 1 is 1.29 bits per heavy atom. The van der Waals surface area contributed by atoms with E-state index < -0.39 is 0 Å². The molecule has 0 radical (unpaired) electrons. The average Bonchev–Trinajstić information content (AvgIpc) is 2.97. The first kappa shape index (κ1) is 10.3. The Labute approximate surface area is 99.4 Å². The molecular weight excluding hydrogens is 216 g/mol. The SMILES string of the molecule is CC1(CN2C(=O)c3cccc(N)c3C2=O)CC1. The molecule has 17 heavy (non-hydrogen) atoms. The molecule has 0 unspecified atom stereocenters. The van der Waals surface area contributed by atoms with Crippen LogP contribution < -0.4 is 5.73 Å². The largest absolute Gasteiger partial charge is 0.398 e. The van der Waals surface area contributed by atoms with Gasteiger partial charge in [-0.1, -0.05) is 13.0 Å². The number of nitrogens with two attached hydrogens (primary N) is 1. The fourth-order valence-electron chi connectivity index (χ4n) is 2.26. The average molecular weight is 230 g/mol. The molecule has 2 amide bonds. The molecule has 0 atom stereocenters. The second kappa shape index (κ2) is 3.09. The Balaban J connectivity index is 2.00. The molecule has 2 aliphatic rings. The number of rotatable bonds is 2. The summed E-state index contributed by atoms with van der Waals surface area (Å²) < 4.78 is 0. The van der Waals surface area contributed by atoms with Crippen LogP contribution in [-0.2, 0) is 0 Å². The molecule has 1 aromatic carbocycles. The third-order valence-corrected chi connectivity index (χ3v) is 3.67. The van der Waals surface area contributed by atoms with Gasteiger partial charge < -0.3 is 5.73 Å². The predicted molar refractivity (Wildman–Crippen MR) is 63.6 cm³/mol. The maximum atomic E-state index is 12.2. The maximum Gasteiger partial charge on any atom is 0.263 e. The van der Waals surface area contributed by atoms with Gasteiger partial charge in [-0.05, 0) is 30.4 Å². The third kappa shape index (κ3) is 1.44. The van der Waals surface area contributed by atoms with Crippen molar-refractivity contribution in [3.63, 3.8) is 0 Å². The number of nitrogen functional groups attached to an aromatic ring is 1. The Kier molecular flexibility index (Phi) is 1.88. The molecule has 1 aliphatic heterocycles. The number of carbonyl (C=O) groups excluding carboxylic acids is 2. The molecule has 4 heteroatoms. The molecule has 88 valence electrons. The summed E-state index contributed by atoms with van der Waals surface area (Å²) in [6.45, 7) is 2.61. The minimum Gasteiger partial charge on any atom is -0.398 e. The quantitative estimate of drug-likeness (QED) is 0.621. The Morgan fingerprint density at radius 2 is 2.00 bits per heavy atom. The fourth-order valence-corrected chi connectivity index (χ4v) is 2.26. The Morgan fingerprint density at radius 3 is 2.59 bits per heavy atom. The first-order chi connectivity index (χ1) is 8.02. The molecule has 0 bridgehead atoms. The number of hydrogen-bond donors (Lipinski definition) is 1. The van der Waals surface area contributed by atoms with Gasteiger partial charge in [0.15, 0.2) is 0 Å². The lowest BCUT2D eigenvalue weighted by Gasteiger charge is -2.18. The van der Waals surface area contributed by atoms with E-state index in [2.05, 4.69) is 6.92 Å². The van der Waals surface area contributed by atoms with Crippen LogP contribution in [0.15, 0.2) is 18.2 Å². The van der Waals surface area contributed by atoms with Gasteiger partial charge in [-0.25, -0.2) is 0 Å². The van der Waals surface area contributed by atoms with Crippen molar-refractivity contribution in [2.45, 2.75) is 19.8 Å². The fraction of sp³-hybridized carbons (Fsp3) is 0.385. The molecule has 0 saturated heterocycles. The highest BCUT2D eigenvalue weighted by molar-refractivity contribution is 6.23. The lowest BCUT2D eigenvalue weighted by Crippen LogP contribution is -2.34. The zero-order valence-corrected chi connectivity index (χ0v) is 9.69. The number of carbonyl (C=O) groups is 2. The van der Waals surface area contributed by atoms with Gasteiger partial charge in [-0.15, -0.1) is 0 Å². The molecule has 1 saturated carbocycles. The van der Waals surface area contributed by atoms with Crippen molar-refractivity contribution in [2.24, 2.45) is 5.41 Å². The summed E-state index contributed by atoms with van der Waals surface area (Å²) >= 11 is 0. The summed E-state index contributed by atoms with van der Waals surface area (Å²) in [7, 11) is 0. The van der Waals surface area contributed by atoms with Gasteiger partial charge in [0.25, 0.3) is 11.8 Å². The van der Waals surface area contributed by atoms with Gasteiger partial charge in [0.05, 0.1) is 11.1 Å². The summed E-state index contributed by atoms with van der Waals surface area (Å²) in [5.74, 6) is -0.443. The van der Waals surface area contributed by atoms with E-state index in [9.17, 15) is 9.59 Å². The van der Waals surface area contributed by atoms with Crippen molar-refractivity contribution in [1.29, 1.82) is 0 Å². The highest BCUT2D eigenvalue weighted by atomic mass is 16.2.